The first kappa shape index (κ1) is 17.9. The molecule has 0 spiro atoms. The summed E-state index contributed by atoms with van der Waals surface area (Å²) in [6.07, 6.45) is 6.41. The van der Waals surface area contributed by atoms with Crippen LogP contribution in [-0.2, 0) is 4.79 Å². The van der Waals surface area contributed by atoms with Gasteiger partial charge in [-0.3, -0.25) is 4.79 Å². The van der Waals surface area contributed by atoms with Crippen LogP contribution in [-0.4, -0.2) is 42.8 Å². The molecule has 1 fully saturated rings. The highest BCUT2D eigenvalue weighted by molar-refractivity contribution is 8.18. The predicted octanol–water partition coefficient (Wildman–Crippen LogP) is 3.94. The molecule has 0 N–H and O–H groups in total. The minimum Gasteiger partial charge on any atom is -0.493 e. The van der Waals surface area contributed by atoms with E-state index in [1.165, 1.54) is 31.0 Å². The van der Waals surface area contributed by atoms with Crippen LogP contribution >= 0.6 is 11.8 Å². The third-order valence-corrected chi connectivity index (χ3v) is 5.23. The number of aliphatic imine (C=N–C) groups is 1. The Morgan fingerprint density at radius 2 is 2.04 bits per heavy atom. The van der Waals surface area contributed by atoms with Gasteiger partial charge < -0.3 is 14.4 Å². The minimum absolute atomic E-state index is 0.155. The molecule has 134 valence electrons. The zero-order valence-electron chi connectivity index (χ0n) is 14.8. The lowest BCUT2D eigenvalue weighted by Crippen LogP contribution is -2.33. The van der Waals surface area contributed by atoms with Crippen molar-refractivity contribution < 1.29 is 14.3 Å². The molecule has 2 aliphatic rings. The van der Waals surface area contributed by atoms with Gasteiger partial charge in [0.25, 0.3) is 5.91 Å². The van der Waals surface area contributed by atoms with Crippen molar-refractivity contribution in [1.29, 1.82) is 0 Å². The van der Waals surface area contributed by atoms with Crippen LogP contribution in [0.1, 0.15) is 38.2 Å². The number of amidine groups is 1. The molecule has 0 aromatic heterocycles. The van der Waals surface area contributed by atoms with Crippen molar-refractivity contribution >= 4 is 28.9 Å². The van der Waals surface area contributed by atoms with Gasteiger partial charge in [-0.1, -0.05) is 13.0 Å². The second kappa shape index (κ2) is 8.43. The number of amides is 1. The van der Waals surface area contributed by atoms with Crippen molar-refractivity contribution in [2.45, 2.75) is 32.6 Å². The van der Waals surface area contributed by atoms with E-state index < -0.39 is 0 Å². The van der Waals surface area contributed by atoms with Crippen LogP contribution in [0.4, 0.5) is 0 Å². The number of rotatable bonds is 5. The first-order chi connectivity index (χ1) is 12.2. The van der Waals surface area contributed by atoms with Gasteiger partial charge in [0, 0.05) is 13.1 Å². The molecule has 1 aromatic rings. The number of nitrogens with zero attached hydrogens (tertiary/aromatic N) is 2. The number of likely N-dealkylation sites (tertiary alicyclic amines) is 1. The van der Waals surface area contributed by atoms with Gasteiger partial charge in [0.2, 0.25) is 0 Å². The highest BCUT2D eigenvalue weighted by atomic mass is 32.2. The van der Waals surface area contributed by atoms with Gasteiger partial charge in [-0.2, -0.15) is 4.99 Å². The molecule has 1 amide bonds. The molecule has 0 radical (unpaired) electrons. The number of hydrogen-bond acceptors (Lipinski definition) is 5. The monoisotopic (exact) mass is 360 g/mol. The van der Waals surface area contributed by atoms with Crippen LogP contribution in [0.15, 0.2) is 28.1 Å². The third-order valence-electron chi connectivity index (χ3n) is 4.18. The molecule has 25 heavy (non-hydrogen) atoms. The topological polar surface area (TPSA) is 51.1 Å². The molecule has 6 heteroatoms. The van der Waals surface area contributed by atoms with Crippen molar-refractivity contribution in [2.24, 2.45) is 4.99 Å². The van der Waals surface area contributed by atoms with E-state index in [2.05, 4.69) is 16.8 Å². The maximum absolute atomic E-state index is 12.3. The van der Waals surface area contributed by atoms with E-state index in [1.54, 1.807) is 7.11 Å². The standard InChI is InChI=1S/C19H24N2O3S/c1-3-11-24-16-12-14(7-8-15(16)23-2)13-17-18(22)20-19(25-17)21-9-5-4-6-10-21/h7-8,12-13H,3-6,9-11H2,1-2H3/b17-13+. The number of methoxy groups -OCH3 is 1. The summed E-state index contributed by atoms with van der Waals surface area (Å²) in [5.74, 6) is 1.25. The molecule has 2 aliphatic heterocycles. The van der Waals surface area contributed by atoms with Gasteiger partial charge in [0.15, 0.2) is 16.7 Å². The summed E-state index contributed by atoms with van der Waals surface area (Å²) in [7, 11) is 1.63. The Labute approximate surface area is 153 Å². The number of benzene rings is 1. The Kier molecular flexibility index (Phi) is 6.02. The van der Waals surface area contributed by atoms with Crippen molar-refractivity contribution in [3.63, 3.8) is 0 Å². The Hall–Kier alpha value is -1.95. The van der Waals surface area contributed by atoms with E-state index in [0.717, 1.165) is 30.2 Å². The maximum Gasteiger partial charge on any atom is 0.286 e. The Balaban J connectivity index is 1.75. The summed E-state index contributed by atoms with van der Waals surface area (Å²) >= 11 is 1.47. The molecule has 0 unspecified atom stereocenters. The quantitative estimate of drug-likeness (QED) is 0.745. The van der Waals surface area contributed by atoms with E-state index in [1.807, 2.05) is 24.3 Å². The SMILES string of the molecule is CCCOc1cc(/C=C2/SC(N3CCCCC3)=NC2=O)ccc1OC. The van der Waals surface area contributed by atoms with Crippen molar-refractivity contribution in [2.75, 3.05) is 26.8 Å². The molecule has 0 aliphatic carbocycles. The average Bonchev–Trinajstić information content (AvgIpc) is 3.01. The van der Waals surface area contributed by atoms with Gasteiger partial charge in [-0.25, -0.2) is 0 Å². The smallest absolute Gasteiger partial charge is 0.286 e. The molecule has 2 heterocycles. The molecular weight excluding hydrogens is 336 g/mol. The first-order valence-electron chi connectivity index (χ1n) is 8.79. The fourth-order valence-electron chi connectivity index (χ4n) is 2.88. The van der Waals surface area contributed by atoms with Crippen molar-refractivity contribution in [3.05, 3.63) is 28.7 Å². The number of piperidine rings is 1. The van der Waals surface area contributed by atoms with Crippen molar-refractivity contribution in [1.82, 2.24) is 4.90 Å². The van der Waals surface area contributed by atoms with E-state index in [-0.39, 0.29) is 5.91 Å². The third kappa shape index (κ3) is 4.37. The molecule has 1 aromatic carbocycles. The number of carbonyl (C=O) groups is 1. The molecular formula is C19H24N2O3S. The fraction of sp³-hybridized carbons (Fsp3) is 0.474. The summed E-state index contributed by atoms with van der Waals surface area (Å²) < 4.78 is 11.1. The van der Waals surface area contributed by atoms with Gasteiger partial charge in [-0.15, -0.1) is 0 Å². The summed E-state index contributed by atoms with van der Waals surface area (Å²) in [5, 5.41) is 0.840. The van der Waals surface area contributed by atoms with Crippen LogP contribution in [0.25, 0.3) is 6.08 Å². The summed E-state index contributed by atoms with van der Waals surface area (Å²) in [4.78, 5) is 19.4. The van der Waals surface area contributed by atoms with Crippen LogP contribution in [0.2, 0.25) is 0 Å². The largest absolute Gasteiger partial charge is 0.493 e. The van der Waals surface area contributed by atoms with E-state index in [4.69, 9.17) is 9.47 Å². The highest BCUT2D eigenvalue weighted by Gasteiger charge is 2.26. The van der Waals surface area contributed by atoms with Gasteiger partial charge in [0.1, 0.15) is 0 Å². The fourth-order valence-corrected chi connectivity index (χ4v) is 3.84. The Morgan fingerprint density at radius 3 is 2.76 bits per heavy atom. The van der Waals surface area contributed by atoms with Crippen LogP contribution in [0.5, 0.6) is 11.5 Å². The van der Waals surface area contributed by atoms with E-state index >= 15 is 0 Å². The number of thioether (sulfide) groups is 1. The molecule has 3 rings (SSSR count). The zero-order valence-corrected chi connectivity index (χ0v) is 15.6. The molecule has 0 saturated carbocycles. The van der Waals surface area contributed by atoms with E-state index in [0.29, 0.717) is 23.0 Å². The predicted molar refractivity (Wildman–Crippen MR) is 102 cm³/mol. The average molecular weight is 360 g/mol. The number of carbonyl (C=O) groups excluding carboxylic acids is 1. The number of ether oxygens (including phenoxy) is 2. The van der Waals surface area contributed by atoms with Crippen molar-refractivity contribution in [3.8, 4) is 11.5 Å². The maximum atomic E-state index is 12.3. The summed E-state index contributed by atoms with van der Waals surface area (Å²) in [6, 6.07) is 5.71. The molecule has 0 atom stereocenters. The van der Waals surface area contributed by atoms with Gasteiger partial charge in [0.05, 0.1) is 18.6 Å². The van der Waals surface area contributed by atoms with Gasteiger partial charge in [-0.05, 0) is 61.2 Å². The normalized spacial score (nSPS) is 19.3. The molecule has 0 bridgehead atoms. The number of hydrogen-bond donors (Lipinski definition) is 0. The lowest BCUT2D eigenvalue weighted by molar-refractivity contribution is -0.113. The Morgan fingerprint density at radius 1 is 1.24 bits per heavy atom. The highest BCUT2D eigenvalue weighted by Crippen LogP contribution is 2.34. The van der Waals surface area contributed by atoms with Gasteiger partial charge >= 0.3 is 0 Å². The first-order valence-corrected chi connectivity index (χ1v) is 9.61. The lowest BCUT2D eigenvalue weighted by Gasteiger charge is -2.27. The van der Waals surface area contributed by atoms with Crippen LogP contribution in [0, 0.1) is 0 Å². The Bertz CT molecular complexity index is 694. The second-order valence-electron chi connectivity index (χ2n) is 6.12. The van der Waals surface area contributed by atoms with Crippen LogP contribution in [0.3, 0.4) is 0 Å². The lowest BCUT2D eigenvalue weighted by atomic mass is 10.1. The zero-order chi connectivity index (χ0) is 17.6. The van der Waals surface area contributed by atoms with E-state index in [9.17, 15) is 4.79 Å². The molecule has 5 nitrogen and oxygen atoms in total. The second-order valence-corrected chi connectivity index (χ2v) is 7.13. The molecule has 1 saturated heterocycles. The summed E-state index contributed by atoms with van der Waals surface area (Å²) in [6.45, 7) is 4.67. The van der Waals surface area contributed by atoms with Crippen LogP contribution < -0.4 is 9.47 Å². The summed E-state index contributed by atoms with van der Waals surface area (Å²) in [5.41, 5.74) is 0.915. The minimum atomic E-state index is -0.155.